The molecule has 1 aromatic rings. The molecule has 1 aromatic carbocycles. The Hall–Kier alpha value is -1.36. The van der Waals surface area contributed by atoms with E-state index in [4.69, 9.17) is 10.8 Å². The summed E-state index contributed by atoms with van der Waals surface area (Å²) in [5.41, 5.74) is 7.00. The highest BCUT2D eigenvalue weighted by molar-refractivity contribution is 7.99. The second-order valence-corrected chi connectivity index (χ2v) is 5.11. The molecule has 17 heavy (non-hydrogen) atoms. The summed E-state index contributed by atoms with van der Waals surface area (Å²) in [5.74, 6) is -0.960. The fourth-order valence-corrected chi connectivity index (χ4v) is 1.82. The van der Waals surface area contributed by atoms with Gasteiger partial charge in [-0.05, 0) is 24.8 Å². The summed E-state index contributed by atoms with van der Waals surface area (Å²) < 4.78 is 0. The maximum absolute atomic E-state index is 11.0. The molecule has 0 heterocycles. The molecular formula is C12H18N2O2S. The molecule has 4 N–H and O–H groups in total. The van der Waals surface area contributed by atoms with Gasteiger partial charge in [0.1, 0.15) is 0 Å². The molecule has 0 aliphatic rings. The highest BCUT2D eigenvalue weighted by Crippen LogP contribution is 2.23. The molecule has 94 valence electrons. The van der Waals surface area contributed by atoms with Crippen molar-refractivity contribution in [2.45, 2.75) is 18.6 Å². The monoisotopic (exact) mass is 254 g/mol. The van der Waals surface area contributed by atoms with Crippen LogP contribution in [0.15, 0.2) is 18.2 Å². The third-order valence-corrected chi connectivity index (χ3v) is 3.62. The summed E-state index contributed by atoms with van der Waals surface area (Å²) >= 11 is 1.79. The average molecular weight is 254 g/mol. The number of thioether (sulfide) groups is 1. The van der Waals surface area contributed by atoms with E-state index in [-0.39, 0.29) is 5.56 Å². The number of hydrogen-bond acceptors (Lipinski definition) is 4. The Morgan fingerprint density at radius 1 is 1.59 bits per heavy atom. The number of para-hydroxylation sites is 1. The standard InChI is InChI=1S/C12H18N2O2S/c1-8(17-2)6-7-14-11-9(12(15)16)4-3-5-10(11)13/h3-5,8,14H,6-7,13H2,1-2H3,(H,15,16). The summed E-state index contributed by atoms with van der Waals surface area (Å²) in [6.45, 7) is 2.86. The number of carboxylic acids is 1. The number of carbonyl (C=O) groups is 1. The molecule has 0 bridgehead atoms. The third kappa shape index (κ3) is 3.85. The van der Waals surface area contributed by atoms with Crippen LogP contribution in [0.2, 0.25) is 0 Å². The van der Waals surface area contributed by atoms with Crippen LogP contribution in [0.5, 0.6) is 0 Å². The summed E-state index contributed by atoms with van der Waals surface area (Å²) in [6, 6.07) is 4.90. The highest BCUT2D eigenvalue weighted by Gasteiger charge is 2.12. The molecule has 0 aliphatic heterocycles. The van der Waals surface area contributed by atoms with Gasteiger partial charge >= 0.3 is 5.97 Å². The van der Waals surface area contributed by atoms with Gasteiger partial charge in [0.2, 0.25) is 0 Å². The predicted octanol–water partition coefficient (Wildman–Crippen LogP) is 2.52. The van der Waals surface area contributed by atoms with Gasteiger partial charge in [0.05, 0.1) is 16.9 Å². The number of rotatable bonds is 6. The van der Waals surface area contributed by atoms with Gasteiger partial charge in [0.25, 0.3) is 0 Å². The summed E-state index contributed by atoms with van der Waals surface area (Å²) in [7, 11) is 0. The van der Waals surface area contributed by atoms with E-state index in [9.17, 15) is 4.79 Å². The number of nitrogens with one attached hydrogen (secondary N) is 1. The second kappa shape index (κ2) is 6.39. The molecule has 1 unspecified atom stereocenters. The first-order valence-electron chi connectivity index (χ1n) is 5.44. The number of anilines is 2. The largest absolute Gasteiger partial charge is 0.478 e. The quantitative estimate of drug-likeness (QED) is 0.680. The molecule has 0 amide bonds. The average Bonchev–Trinajstić information content (AvgIpc) is 2.30. The first-order chi connectivity index (χ1) is 8.06. The van der Waals surface area contributed by atoms with Gasteiger partial charge in [-0.25, -0.2) is 4.79 Å². The Morgan fingerprint density at radius 2 is 2.29 bits per heavy atom. The molecule has 0 saturated heterocycles. The van der Waals surface area contributed by atoms with E-state index in [1.165, 1.54) is 0 Å². The second-order valence-electron chi connectivity index (χ2n) is 3.84. The van der Waals surface area contributed by atoms with Gasteiger partial charge in [0.15, 0.2) is 0 Å². The Morgan fingerprint density at radius 3 is 2.88 bits per heavy atom. The molecular weight excluding hydrogens is 236 g/mol. The van der Waals surface area contributed by atoms with Crippen LogP contribution in [0.1, 0.15) is 23.7 Å². The molecule has 4 nitrogen and oxygen atoms in total. The Kier molecular flexibility index (Phi) is 5.15. The first kappa shape index (κ1) is 13.7. The predicted molar refractivity (Wildman–Crippen MR) is 73.9 cm³/mol. The molecule has 0 aromatic heterocycles. The Balaban J connectivity index is 2.72. The molecule has 0 spiro atoms. The lowest BCUT2D eigenvalue weighted by molar-refractivity contribution is 0.0698. The normalized spacial score (nSPS) is 12.1. The summed E-state index contributed by atoms with van der Waals surface area (Å²) in [5, 5.41) is 12.7. The van der Waals surface area contributed by atoms with Crippen molar-refractivity contribution in [2.24, 2.45) is 0 Å². The number of benzene rings is 1. The topological polar surface area (TPSA) is 75.3 Å². The van der Waals surface area contributed by atoms with E-state index in [2.05, 4.69) is 18.5 Å². The molecule has 1 atom stereocenters. The van der Waals surface area contributed by atoms with Crippen molar-refractivity contribution < 1.29 is 9.90 Å². The van der Waals surface area contributed by atoms with E-state index in [1.807, 2.05) is 0 Å². The van der Waals surface area contributed by atoms with Crippen LogP contribution < -0.4 is 11.1 Å². The third-order valence-electron chi connectivity index (χ3n) is 2.58. The minimum absolute atomic E-state index is 0.224. The van der Waals surface area contributed by atoms with Crippen LogP contribution in [0.25, 0.3) is 0 Å². The van der Waals surface area contributed by atoms with E-state index >= 15 is 0 Å². The molecule has 0 aliphatic carbocycles. The van der Waals surface area contributed by atoms with Gasteiger partial charge < -0.3 is 16.2 Å². The summed E-state index contributed by atoms with van der Waals surface area (Å²) in [4.78, 5) is 11.0. The minimum Gasteiger partial charge on any atom is -0.478 e. The van der Waals surface area contributed by atoms with Gasteiger partial charge in [-0.1, -0.05) is 13.0 Å². The maximum atomic E-state index is 11.0. The lowest BCUT2D eigenvalue weighted by Crippen LogP contribution is -2.12. The van der Waals surface area contributed by atoms with E-state index in [1.54, 1.807) is 30.0 Å². The van der Waals surface area contributed by atoms with Crippen molar-refractivity contribution in [1.29, 1.82) is 0 Å². The van der Waals surface area contributed by atoms with Crippen LogP contribution in [-0.4, -0.2) is 29.1 Å². The molecule has 0 saturated carbocycles. The summed E-state index contributed by atoms with van der Waals surface area (Å²) in [6.07, 6.45) is 3.03. The maximum Gasteiger partial charge on any atom is 0.337 e. The lowest BCUT2D eigenvalue weighted by atomic mass is 10.1. The zero-order chi connectivity index (χ0) is 12.8. The van der Waals surface area contributed by atoms with E-state index in [0.29, 0.717) is 16.6 Å². The Labute approximate surface area is 106 Å². The zero-order valence-electron chi connectivity index (χ0n) is 10.1. The van der Waals surface area contributed by atoms with Gasteiger partial charge in [0, 0.05) is 11.8 Å². The molecule has 5 heteroatoms. The van der Waals surface area contributed by atoms with Crippen LogP contribution >= 0.6 is 11.8 Å². The van der Waals surface area contributed by atoms with Crippen molar-refractivity contribution in [3.8, 4) is 0 Å². The number of aromatic carboxylic acids is 1. The van der Waals surface area contributed by atoms with Crippen molar-refractivity contribution in [3.05, 3.63) is 23.8 Å². The van der Waals surface area contributed by atoms with Crippen molar-refractivity contribution in [3.63, 3.8) is 0 Å². The van der Waals surface area contributed by atoms with Crippen molar-refractivity contribution in [2.75, 3.05) is 23.9 Å². The van der Waals surface area contributed by atoms with Crippen molar-refractivity contribution >= 4 is 29.1 Å². The smallest absolute Gasteiger partial charge is 0.337 e. The molecule has 0 radical (unpaired) electrons. The fraction of sp³-hybridized carbons (Fsp3) is 0.417. The van der Waals surface area contributed by atoms with Gasteiger partial charge in [-0.3, -0.25) is 0 Å². The SMILES string of the molecule is CSC(C)CCNc1c(N)cccc1C(=O)O. The number of carboxylic acid groups (broad SMARTS) is 1. The van der Waals surface area contributed by atoms with Gasteiger partial charge in [-0.15, -0.1) is 0 Å². The number of nitrogens with two attached hydrogens (primary N) is 1. The van der Waals surface area contributed by atoms with Crippen molar-refractivity contribution in [1.82, 2.24) is 0 Å². The fourth-order valence-electron chi connectivity index (χ4n) is 1.46. The Bertz CT molecular complexity index is 396. The zero-order valence-corrected chi connectivity index (χ0v) is 10.9. The van der Waals surface area contributed by atoms with Crippen LogP contribution in [0.4, 0.5) is 11.4 Å². The van der Waals surface area contributed by atoms with Gasteiger partial charge in [-0.2, -0.15) is 11.8 Å². The number of nitrogen functional groups attached to an aromatic ring is 1. The van der Waals surface area contributed by atoms with E-state index < -0.39 is 5.97 Å². The number of hydrogen-bond donors (Lipinski definition) is 3. The first-order valence-corrected chi connectivity index (χ1v) is 6.73. The molecule has 1 rings (SSSR count). The molecule has 0 fully saturated rings. The van der Waals surface area contributed by atoms with Crippen LogP contribution in [0, 0.1) is 0 Å². The van der Waals surface area contributed by atoms with E-state index in [0.717, 1.165) is 13.0 Å². The highest BCUT2D eigenvalue weighted by atomic mass is 32.2. The minimum atomic E-state index is -0.960. The lowest BCUT2D eigenvalue weighted by Gasteiger charge is -2.14. The van der Waals surface area contributed by atoms with Crippen LogP contribution in [-0.2, 0) is 0 Å². The van der Waals surface area contributed by atoms with Crippen LogP contribution in [0.3, 0.4) is 0 Å².